The fraction of sp³-hybridized carbons (Fsp3) is 0.182. The standard InChI is InChI=1S/C22H23N3O2/c1-16-8-9-17(2)20(14-16)25-21-11-10-18(15-23-21)24-22(26)12-13-27-19-6-4-3-5-7-19/h3-11,14-15H,12-13H2,1-2H3,(H,23,25)(H,24,26). The normalized spacial score (nSPS) is 10.3. The predicted molar refractivity (Wildman–Crippen MR) is 109 cm³/mol. The van der Waals surface area contributed by atoms with Crippen LogP contribution in [0.15, 0.2) is 66.9 Å². The third kappa shape index (κ3) is 5.57. The molecule has 3 aromatic rings. The number of nitrogens with zero attached hydrogens (tertiary/aromatic N) is 1. The first-order chi connectivity index (χ1) is 13.1. The summed E-state index contributed by atoms with van der Waals surface area (Å²) in [4.78, 5) is 16.4. The van der Waals surface area contributed by atoms with Crippen LogP contribution in [0, 0.1) is 13.8 Å². The Morgan fingerprint density at radius 1 is 1.04 bits per heavy atom. The molecular weight excluding hydrogens is 338 g/mol. The number of ether oxygens (including phenoxy) is 1. The van der Waals surface area contributed by atoms with E-state index in [0.717, 1.165) is 22.8 Å². The number of rotatable bonds is 7. The summed E-state index contributed by atoms with van der Waals surface area (Å²) in [5.74, 6) is 1.38. The number of anilines is 3. The van der Waals surface area contributed by atoms with Crippen LogP contribution in [0.5, 0.6) is 5.75 Å². The van der Waals surface area contributed by atoms with Gasteiger partial charge >= 0.3 is 0 Å². The number of nitrogens with one attached hydrogen (secondary N) is 2. The highest BCUT2D eigenvalue weighted by Crippen LogP contribution is 2.21. The highest BCUT2D eigenvalue weighted by Gasteiger charge is 2.05. The van der Waals surface area contributed by atoms with Gasteiger partial charge in [0.25, 0.3) is 0 Å². The van der Waals surface area contributed by atoms with E-state index in [4.69, 9.17) is 4.74 Å². The lowest BCUT2D eigenvalue weighted by Crippen LogP contribution is -2.15. The molecule has 0 radical (unpaired) electrons. The van der Waals surface area contributed by atoms with Crippen molar-refractivity contribution in [3.63, 3.8) is 0 Å². The zero-order chi connectivity index (χ0) is 19.1. The molecule has 0 fully saturated rings. The second kappa shape index (κ2) is 8.85. The van der Waals surface area contributed by atoms with Crippen molar-refractivity contribution in [3.05, 3.63) is 78.0 Å². The molecule has 1 amide bonds. The Morgan fingerprint density at radius 2 is 1.85 bits per heavy atom. The zero-order valence-electron chi connectivity index (χ0n) is 15.5. The number of carbonyl (C=O) groups is 1. The van der Waals surface area contributed by atoms with Gasteiger partial charge in [-0.15, -0.1) is 0 Å². The van der Waals surface area contributed by atoms with E-state index in [9.17, 15) is 4.79 Å². The second-order valence-corrected chi connectivity index (χ2v) is 6.34. The molecule has 0 unspecified atom stereocenters. The summed E-state index contributed by atoms with van der Waals surface area (Å²) >= 11 is 0. The van der Waals surface area contributed by atoms with Gasteiger partial charge in [0.1, 0.15) is 11.6 Å². The SMILES string of the molecule is Cc1ccc(C)c(Nc2ccc(NC(=O)CCOc3ccccc3)cn2)c1. The van der Waals surface area contributed by atoms with Gasteiger partial charge in [0.15, 0.2) is 0 Å². The number of aryl methyl sites for hydroxylation is 2. The lowest BCUT2D eigenvalue weighted by molar-refractivity contribution is -0.116. The van der Waals surface area contributed by atoms with Crippen molar-refractivity contribution in [2.24, 2.45) is 0 Å². The van der Waals surface area contributed by atoms with Crippen molar-refractivity contribution in [1.82, 2.24) is 4.98 Å². The smallest absolute Gasteiger partial charge is 0.227 e. The van der Waals surface area contributed by atoms with Crippen LogP contribution in [-0.2, 0) is 4.79 Å². The van der Waals surface area contributed by atoms with Gasteiger partial charge in [-0.2, -0.15) is 0 Å². The Bertz CT molecular complexity index is 893. The molecular formula is C22H23N3O2. The number of aromatic nitrogens is 1. The van der Waals surface area contributed by atoms with Crippen molar-refractivity contribution in [3.8, 4) is 5.75 Å². The fourth-order valence-electron chi connectivity index (χ4n) is 2.55. The first-order valence-corrected chi connectivity index (χ1v) is 8.88. The molecule has 1 heterocycles. The third-order valence-electron chi connectivity index (χ3n) is 4.04. The molecule has 2 N–H and O–H groups in total. The van der Waals surface area contributed by atoms with Gasteiger partial charge < -0.3 is 15.4 Å². The van der Waals surface area contributed by atoms with Crippen LogP contribution in [-0.4, -0.2) is 17.5 Å². The molecule has 27 heavy (non-hydrogen) atoms. The maximum absolute atomic E-state index is 12.0. The van der Waals surface area contributed by atoms with E-state index in [2.05, 4.69) is 40.7 Å². The van der Waals surface area contributed by atoms with Gasteiger partial charge in [-0.1, -0.05) is 30.3 Å². The third-order valence-corrected chi connectivity index (χ3v) is 4.04. The number of amides is 1. The van der Waals surface area contributed by atoms with E-state index >= 15 is 0 Å². The lowest BCUT2D eigenvalue weighted by atomic mass is 10.1. The van der Waals surface area contributed by atoms with E-state index in [1.165, 1.54) is 5.56 Å². The summed E-state index contributed by atoms with van der Waals surface area (Å²) < 4.78 is 5.53. The van der Waals surface area contributed by atoms with Crippen LogP contribution in [0.2, 0.25) is 0 Å². The van der Waals surface area contributed by atoms with Crippen LogP contribution in [0.1, 0.15) is 17.5 Å². The average Bonchev–Trinajstić information content (AvgIpc) is 2.67. The molecule has 0 aliphatic carbocycles. The van der Waals surface area contributed by atoms with Crippen molar-refractivity contribution >= 4 is 23.1 Å². The van der Waals surface area contributed by atoms with Crippen molar-refractivity contribution in [2.45, 2.75) is 20.3 Å². The zero-order valence-corrected chi connectivity index (χ0v) is 15.5. The molecule has 2 aromatic carbocycles. The van der Waals surface area contributed by atoms with Crippen LogP contribution in [0.4, 0.5) is 17.2 Å². The summed E-state index contributed by atoms with van der Waals surface area (Å²) in [6.07, 6.45) is 1.92. The molecule has 0 aliphatic rings. The van der Waals surface area contributed by atoms with Gasteiger partial charge in [-0.3, -0.25) is 4.79 Å². The number of hydrogen-bond acceptors (Lipinski definition) is 4. The van der Waals surface area contributed by atoms with Crippen molar-refractivity contribution in [2.75, 3.05) is 17.2 Å². The van der Waals surface area contributed by atoms with E-state index in [0.29, 0.717) is 12.3 Å². The molecule has 5 heteroatoms. The molecule has 5 nitrogen and oxygen atoms in total. The maximum atomic E-state index is 12.0. The molecule has 0 atom stereocenters. The second-order valence-electron chi connectivity index (χ2n) is 6.34. The summed E-state index contributed by atoms with van der Waals surface area (Å²) in [6.45, 7) is 4.43. The average molecular weight is 361 g/mol. The maximum Gasteiger partial charge on any atom is 0.227 e. The van der Waals surface area contributed by atoms with E-state index in [-0.39, 0.29) is 12.3 Å². The molecule has 0 saturated carbocycles. The first kappa shape index (κ1) is 18.5. The molecule has 138 valence electrons. The minimum atomic E-state index is -0.108. The van der Waals surface area contributed by atoms with Crippen LogP contribution >= 0.6 is 0 Å². The van der Waals surface area contributed by atoms with Crippen LogP contribution in [0.3, 0.4) is 0 Å². The first-order valence-electron chi connectivity index (χ1n) is 8.88. The van der Waals surface area contributed by atoms with Gasteiger partial charge in [0.2, 0.25) is 5.91 Å². The molecule has 0 bridgehead atoms. The molecule has 0 aliphatic heterocycles. The summed E-state index contributed by atoms with van der Waals surface area (Å²) in [5, 5.41) is 6.13. The van der Waals surface area contributed by atoms with Gasteiger partial charge in [0.05, 0.1) is 24.9 Å². The van der Waals surface area contributed by atoms with Crippen LogP contribution in [0.25, 0.3) is 0 Å². The number of hydrogen-bond donors (Lipinski definition) is 2. The van der Waals surface area contributed by atoms with Crippen molar-refractivity contribution < 1.29 is 9.53 Å². The fourth-order valence-corrected chi connectivity index (χ4v) is 2.55. The minimum Gasteiger partial charge on any atom is -0.493 e. The number of benzene rings is 2. The Morgan fingerprint density at radius 3 is 2.59 bits per heavy atom. The molecule has 0 saturated heterocycles. The highest BCUT2D eigenvalue weighted by molar-refractivity contribution is 5.90. The van der Waals surface area contributed by atoms with E-state index in [1.54, 1.807) is 6.20 Å². The highest BCUT2D eigenvalue weighted by atomic mass is 16.5. The number of carbonyl (C=O) groups excluding carboxylic acids is 1. The number of para-hydroxylation sites is 1. The molecule has 3 rings (SSSR count). The predicted octanol–water partition coefficient (Wildman–Crippen LogP) is 4.85. The lowest BCUT2D eigenvalue weighted by Gasteiger charge is -2.11. The molecule has 0 spiro atoms. The van der Waals surface area contributed by atoms with E-state index in [1.807, 2.05) is 49.4 Å². The minimum absolute atomic E-state index is 0.108. The van der Waals surface area contributed by atoms with Crippen molar-refractivity contribution in [1.29, 1.82) is 0 Å². The van der Waals surface area contributed by atoms with Crippen LogP contribution < -0.4 is 15.4 Å². The summed E-state index contributed by atoms with van der Waals surface area (Å²) in [6, 6.07) is 19.4. The van der Waals surface area contributed by atoms with E-state index < -0.39 is 0 Å². The largest absolute Gasteiger partial charge is 0.493 e. The monoisotopic (exact) mass is 361 g/mol. The van der Waals surface area contributed by atoms with Gasteiger partial charge in [-0.25, -0.2) is 4.98 Å². The molecule has 1 aromatic heterocycles. The Labute approximate surface area is 159 Å². The topological polar surface area (TPSA) is 63.2 Å². The summed E-state index contributed by atoms with van der Waals surface area (Å²) in [7, 11) is 0. The Balaban J connectivity index is 1.49. The van der Waals surface area contributed by atoms with Gasteiger partial charge in [0, 0.05) is 5.69 Å². The Kier molecular flexibility index (Phi) is 6.05. The quantitative estimate of drug-likeness (QED) is 0.631. The van der Waals surface area contributed by atoms with Gasteiger partial charge in [-0.05, 0) is 55.3 Å². The Hall–Kier alpha value is -3.34. The summed E-state index contributed by atoms with van der Waals surface area (Å²) in [5.41, 5.74) is 4.02. The number of pyridine rings is 1.